The van der Waals surface area contributed by atoms with Gasteiger partial charge >= 0.3 is 14.0 Å². The monoisotopic (exact) mass is 282 g/mol. The average Bonchev–Trinajstić information content (AvgIpc) is 2.99. The fourth-order valence-corrected chi connectivity index (χ4v) is 2.73. The molecule has 1 spiro atoms. The molecule has 3 fully saturated rings. The van der Waals surface area contributed by atoms with Gasteiger partial charge in [-0.15, -0.1) is 0 Å². The molecule has 0 N–H and O–H groups in total. The van der Waals surface area contributed by atoms with Gasteiger partial charge in [0.15, 0.2) is 0 Å². The van der Waals surface area contributed by atoms with Gasteiger partial charge in [-0.2, -0.15) is 0 Å². The van der Waals surface area contributed by atoms with Crippen molar-refractivity contribution in [1.82, 2.24) is 0 Å². The predicted molar refractivity (Wildman–Crippen MR) is 81.4 cm³/mol. The molecule has 3 aliphatic rings. The Labute approximate surface area is 124 Å². The summed E-state index contributed by atoms with van der Waals surface area (Å²) in [6.07, 6.45) is 2.13. The van der Waals surface area contributed by atoms with Crippen molar-refractivity contribution in [2.45, 2.75) is 90.6 Å². The molecule has 0 radical (unpaired) electrons. The van der Waals surface area contributed by atoms with Crippen LogP contribution in [0.5, 0.6) is 0 Å². The van der Waals surface area contributed by atoms with E-state index in [0.717, 1.165) is 12.8 Å². The van der Waals surface area contributed by atoms with Crippen molar-refractivity contribution in [3.8, 4) is 0 Å². The molecule has 4 nitrogen and oxygen atoms in total. The molecule has 0 bridgehead atoms. The van der Waals surface area contributed by atoms with Crippen LogP contribution < -0.4 is 0 Å². The molecule has 6 heteroatoms. The van der Waals surface area contributed by atoms with Crippen molar-refractivity contribution in [3.05, 3.63) is 0 Å². The van der Waals surface area contributed by atoms with Crippen LogP contribution in [0.4, 0.5) is 0 Å². The van der Waals surface area contributed by atoms with Gasteiger partial charge in [-0.05, 0) is 54.4 Å². The van der Waals surface area contributed by atoms with Crippen LogP contribution in [0.3, 0.4) is 0 Å². The van der Waals surface area contributed by atoms with E-state index in [1.807, 2.05) is 41.5 Å². The first-order valence-corrected chi connectivity index (χ1v) is 7.80. The van der Waals surface area contributed by atoms with Crippen LogP contribution in [-0.2, 0) is 18.6 Å². The minimum atomic E-state index is -0.436. The fourth-order valence-electron chi connectivity index (χ4n) is 2.73. The van der Waals surface area contributed by atoms with Gasteiger partial charge < -0.3 is 18.6 Å². The Bertz CT molecular complexity index is 328. The molecule has 2 heterocycles. The fraction of sp³-hybridized carbons (Fsp3) is 1.00. The molecule has 1 saturated carbocycles. The third-order valence-corrected chi connectivity index (χ3v) is 5.05. The Morgan fingerprint density at radius 2 is 0.950 bits per heavy atom. The summed E-state index contributed by atoms with van der Waals surface area (Å²) in [5, 5.41) is 0. The van der Waals surface area contributed by atoms with Gasteiger partial charge in [-0.25, -0.2) is 0 Å². The zero-order valence-corrected chi connectivity index (χ0v) is 14.2. The first kappa shape index (κ1) is 16.3. The van der Waals surface area contributed by atoms with Crippen LogP contribution in [0.15, 0.2) is 0 Å². The van der Waals surface area contributed by atoms with Crippen molar-refractivity contribution in [3.63, 3.8) is 0 Å². The second kappa shape index (κ2) is 4.73. The van der Waals surface area contributed by atoms with Gasteiger partial charge in [0, 0.05) is 0 Å². The molecule has 3 rings (SSSR count). The molecule has 20 heavy (non-hydrogen) atoms. The van der Waals surface area contributed by atoms with E-state index in [1.54, 1.807) is 0 Å². The first-order chi connectivity index (χ1) is 9.09. The van der Waals surface area contributed by atoms with Crippen molar-refractivity contribution in [1.29, 1.82) is 0 Å². The second-order valence-electron chi connectivity index (χ2n) is 7.23. The zero-order chi connectivity index (χ0) is 15.4. The summed E-state index contributed by atoms with van der Waals surface area (Å²) in [6, 6.07) is 0. The highest BCUT2D eigenvalue weighted by molar-refractivity contribution is 7.11. The predicted octanol–water partition coefficient (Wildman–Crippen LogP) is 3.03. The van der Waals surface area contributed by atoms with E-state index in [0.29, 0.717) is 0 Å². The zero-order valence-electron chi connectivity index (χ0n) is 14.2. The lowest BCUT2D eigenvalue weighted by Gasteiger charge is -2.32. The van der Waals surface area contributed by atoms with Gasteiger partial charge in [0.25, 0.3) is 0 Å². The summed E-state index contributed by atoms with van der Waals surface area (Å²) in [7, 11) is -0.849. The lowest BCUT2D eigenvalue weighted by molar-refractivity contribution is 0.00578. The maximum absolute atomic E-state index is 6.07. The maximum Gasteiger partial charge on any atom is 0.489 e. The van der Waals surface area contributed by atoms with E-state index in [-0.39, 0.29) is 22.4 Å². The van der Waals surface area contributed by atoms with Gasteiger partial charge in [-0.1, -0.05) is 13.8 Å². The molecule has 1 aliphatic carbocycles. The van der Waals surface area contributed by atoms with Crippen molar-refractivity contribution in [2.75, 3.05) is 0 Å². The third-order valence-electron chi connectivity index (χ3n) is 5.05. The van der Waals surface area contributed by atoms with Crippen LogP contribution in [0.2, 0.25) is 0 Å². The van der Waals surface area contributed by atoms with Gasteiger partial charge in [-0.3, -0.25) is 0 Å². The second-order valence-corrected chi connectivity index (χ2v) is 7.23. The normalized spacial score (nSPS) is 31.2. The lowest BCUT2D eigenvalue weighted by Crippen LogP contribution is -2.41. The highest BCUT2D eigenvalue weighted by Gasteiger charge is 2.69. The van der Waals surface area contributed by atoms with Crippen molar-refractivity contribution >= 4 is 14.0 Å². The Morgan fingerprint density at radius 1 is 0.600 bits per heavy atom. The Balaban J connectivity index is 0.000000704. The largest absolute Gasteiger partial charge is 0.489 e. The number of hydrogen-bond acceptors (Lipinski definition) is 4. The van der Waals surface area contributed by atoms with Crippen LogP contribution in [-0.4, -0.2) is 36.4 Å². The van der Waals surface area contributed by atoms with E-state index >= 15 is 0 Å². The maximum atomic E-state index is 6.07. The summed E-state index contributed by atoms with van der Waals surface area (Å²) in [5.41, 5.74) is -1.04. The Morgan fingerprint density at radius 3 is 1.30 bits per heavy atom. The summed E-state index contributed by atoms with van der Waals surface area (Å²) >= 11 is 0. The van der Waals surface area contributed by atoms with Crippen molar-refractivity contribution < 1.29 is 18.6 Å². The molecular formula is C14H28B2O4. The van der Waals surface area contributed by atoms with Gasteiger partial charge in [0.1, 0.15) is 0 Å². The minimum Gasteiger partial charge on any atom is -0.405 e. The molecule has 0 atom stereocenters. The topological polar surface area (TPSA) is 36.9 Å². The quantitative estimate of drug-likeness (QED) is 0.693. The molecule has 114 valence electrons. The molecule has 0 aromatic rings. The molecule has 2 aliphatic heterocycles. The van der Waals surface area contributed by atoms with Crippen LogP contribution in [0, 0.1) is 0 Å². The Kier molecular flexibility index (Phi) is 3.87. The molecule has 2 saturated heterocycles. The summed E-state index contributed by atoms with van der Waals surface area (Å²) < 4.78 is 24.1. The lowest BCUT2D eigenvalue weighted by atomic mass is 9.49. The van der Waals surface area contributed by atoms with Crippen LogP contribution in [0.25, 0.3) is 0 Å². The number of rotatable bonds is 1. The highest BCUT2D eigenvalue weighted by atomic mass is 16.7. The minimum absolute atomic E-state index is 0.110. The SMILES string of the molecule is CC.CC1(C)OB(B2OC(C)(C)C3(CC3)O2)OC1(C)C. The third kappa shape index (κ3) is 2.35. The van der Waals surface area contributed by atoms with Crippen LogP contribution >= 0.6 is 0 Å². The summed E-state index contributed by atoms with van der Waals surface area (Å²) in [6.45, 7) is 16.3. The molecule has 0 aromatic carbocycles. The van der Waals surface area contributed by atoms with E-state index in [1.165, 1.54) is 0 Å². The number of hydrogen-bond donors (Lipinski definition) is 0. The van der Waals surface area contributed by atoms with E-state index in [4.69, 9.17) is 18.6 Å². The molecule has 0 amide bonds. The van der Waals surface area contributed by atoms with Crippen molar-refractivity contribution in [2.24, 2.45) is 0 Å². The van der Waals surface area contributed by atoms with E-state index in [2.05, 4.69) is 13.8 Å². The summed E-state index contributed by atoms with van der Waals surface area (Å²) in [4.78, 5) is 0. The Hall–Kier alpha value is -0.0301. The smallest absolute Gasteiger partial charge is 0.405 e. The standard InChI is InChI=1S/C12H22B2O4.C2H6/c1-9(2)10(3,4)16-13(15-9)14-17-11(5,6)12(18-14)7-8-12;1-2/h7-8H2,1-6H3;1-2H3. The molecule has 0 unspecified atom stereocenters. The molecule has 0 aromatic heterocycles. The van der Waals surface area contributed by atoms with E-state index < -0.39 is 14.0 Å². The van der Waals surface area contributed by atoms with E-state index in [9.17, 15) is 0 Å². The average molecular weight is 282 g/mol. The van der Waals surface area contributed by atoms with Gasteiger partial charge in [0.05, 0.1) is 22.4 Å². The first-order valence-electron chi connectivity index (χ1n) is 7.80. The molecular weight excluding hydrogens is 254 g/mol. The van der Waals surface area contributed by atoms with Crippen LogP contribution in [0.1, 0.15) is 68.2 Å². The van der Waals surface area contributed by atoms with Gasteiger partial charge in [0.2, 0.25) is 0 Å². The summed E-state index contributed by atoms with van der Waals surface area (Å²) in [5.74, 6) is 0. The highest BCUT2D eigenvalue weighted by Crippen LogP contribution is 2.55.